The van der Waals surface area contributed by atoms with Crippen molar-refractivity contribution in [3.63, 3.8) is 0 Å². The summed E-state index contributed by atoms with van der Waals surface area (Å²) in [5.41, 5.74) is 0.406. The van der Waals surface area contributed by atoms with Gasteiger partial charge in [0.2, 0.25) is 0 Å². The normalized spacial score (nSPS) is 11.0. The number of carbonyl (C=O) groups is 3. The minimum absolute atomic E-state index is 0.203. The zero-order valence-electron chi connectivity index (χ0n) is 19.4. The molecule has 0 bridgehead atoms. The van der Waals surface area contributed by atoms with Crippen LogP contribution in [0.3, 0.4) is 0 Å². The molecule has 0 saturated heterocycles. The Kier molecular flexibility index (Phi) is 14.5. The first-order valence-electron chi connectivity index (χ1n) is 10.5. The number of rotatable bonds is 16. The van der Waals surface area contributed by atoms with E-state index in [0.29, 0.717) is 26.2 Å². The lowest BCUT2D eigenvalue weighted by molar-refractivity contribution is -0.147. The molecule has 1 N–H and O–H groups in total. The van der Waals surface area contributed by atoms with Crippen molar-refractivity contribution in [2.45, 2.75) is 59.2 Å². The summed E-state index contributed by atoms with van der Waals surface area (Å²) in [4.78, 5) is 35.4. The van der Waals surface area contributed by atoms with Crippen LogP contribution >= 0.6 is 0 Å². The van der Waals surface area contributed by atoms with Crippen LogP contribution in [0.1, 0.15) is 41.0 Å². The summed E-state index contributed by atoms with van der Waals surface area (Å²) in [6.07, 6.45) is -1.02. The van der Waals surface area contributed by atoms with Gasteiger partial charge in [-0.25, -0.2) is 14.4 Å². The molecular formula is C21H37NO8Si. The molecule has 178 valence electrons. The quantitative estimate of drug-likeness (QED) is 0.123. The monoisotopic (exact) mass is 459 g/mol. The van der Waals surface area contributed by atoms with Gasteiger partial charge in [-0.1, -0.05) is 20.1 Å². The predicted octanol–water partition coefficient (Wildman–Crippen LogP) is 3.25. The molecule has 0 aliphatic rings. The number of ether oxygens (including phenoxy) is 3. The molecule has 0 heterocycles. The maximum absolute atomic E-state index is 12.2. The van der Waals surface area contributed by atoms with Crippen molar-refractivity contribution < 1.29 is 37.4 Å². The number of hydrogen-bond acceptors (Lipinski definition) is 8. The van der Waals surface area contributed by atoms with Crippen molar-refractivity contribution >= 4 is 26.6 Å². The fourth-order valence-electron chi connectivity index (χ4n) is 2.53. The van der Waals surface area contributed by atoms with Gasteiger partial charge >= 0.3 is 26.6 Å². The maximum Gasteiger partial charge on any atom is 0.407 e. The van der Waals surface area contributed by atoms with Crippen molar-refractivity contribution in [2.75, 3.05) is 33.0 Å². The van der Waals surface area contributed by atoms with Gasteiger partial charge in [-0.3, -0.25) is 0 Å². The summed E-state index contributed by atoms with van der Waals surface area (Å²) in [5, 5.41) is 2.65. The molecule has 10 heteroatoms. The van der Waals surface area contributed by atoms with E-state index in [1.807, 2.05) is 20.8 Å². The van der Waals surface area contributed by atoms with E-state index in [1.165, 1.54) is 13.8 Å². The highest BCUT2D eigenvalue weighted by Crippen LogP contribution is 2.20. The fourth-order valence-corrected chi connectivity index (χ4v) is 5.44. The van der Waals surface area contributed by atoms with E-state index in [0.717, 1.165) is 12.1 Å². The van der Waals surface area contributed by atoms with Crippen molar-refractivity contribution in [1.29, 1.82) is 0 Å². The summed E-state index contributed by atoms with van der Waals surface area (Å²) in [7, 11) is -2.27. The van der Waals surface area contributed by atoms with Crippen molar-refractivity contribution in [3.8, 4) is 0 Å². The zero-order valence-corrected chi connectivity index (χ0v) is 20.4. The maximum atomic E-state index is 12.2. The number of amides is 1. The van der Waals surface area contributed by atoms with E-state index in [-0.39, 0.29) is 24.4 Å². The third-order valence-electron chi connectivity index (χ3n) is 4.13. The van der Waals surface area contributed by atoms with Crippen LogP contribution < -0.4 is 5.32 Å². The standard InChI is InChI=1S/C21H37NO8Si/c1-8-28-31(10-3,29-9-2)13-11-12-22-21(25)30-18(14-26-19(23)16(4)5)15-27-20(24)17(6)7/h18H,4,6,8-15H2,1-3,5,7H3,(H,22,25). The predicted molar refractivity (Wildman–Crippen MR) is 119 cm³/mol. The Morgan fingerprint density at radius 2 is 1.39 bits per heavy atom. The van der Waals surface area contributed by atoms with Gasteiger partial charge in [-0.05, 0) is 46.2 Å². The van der Waals surface area contributed by atoms with E-state index in [4.69, 9.17) is 23.1 Å². The summed E-state index contributed by atoms with van der Waals surface area (Å²) in [6, 6.07) is 1.56. The second-order valence-electron chi connectivity index (χ2n) is 6.95. The third kappa shape index (κ3) is 12.3. The van der Waals surface area contributed by atoms with Crippen LogP contribution in [0.5, 0.6) is 0 Å². The molecule has 31 heavy (non-hydrogen) atoms. The minimum Gasteiger partial charge on any atom is -0.458 e. The molecule has 0 aromatic carbocycles. The van der Waals surface area contributed by atoms with Crippen molar-refractivity contribution in [1.82, 2.24) is 5.32 Å². The highest BCUT2D eigenvalue weighted by atomic mass is 28.4. The molecule has 1 amide bonds. The highest BCUT2D eigenvalue weighted by Gasteiger charge is 2.34. The highest BCUT2D eigenvalue weighted by molar-refractivity contribution is 6.67. The van der Waals surface area contributed by atoms with Gasteiger partial charge in [0.05, 0.1) is 0 Å². The molecular weight excluding hydrogens is 422 g/mol. The first-order valence-corrected chi connectivity index (χ1v) is 12.7. The van der Waals surface area contributed by atoms with Gasteiger partial charge in [0.15, 0.2) is 6.10 Å². The molecule has 0 spiro atoms. The lowest BCUT2D eigenvalue weighted by atomic mass is 10.3. The summed E-state index contributed by atoms with van der Waals surface area (Å²) in [5.74, 6) is -1.26. The Morgan fingerprint density at radius 3 is 1.77 bits per heavy atom. The molecule has 0 saturated carbocycles. The zero-order chi connectivity index (χ0) is 23.9. The Bertz CT molecular complexity index is 587. The lowest BCUT2D eigenvalue weighted by Gasteiger charge is -2.29. The number of nitrogens with one attached hydrogen (secondary N) is 1. The smallest absolute Gasteiger partial charge is 0.407 e. The molecule has 0 radical (unpaired) electrons. The van der Waals surface area contributed by atoms with E-state index < -0.39 is 32.7 Å². The number of alkyl carbamates (subject to hydrolysis) is 1. The van der Waals surface area contributed by atoms with Gasteiger partial charge in [0, 0.05) is 30.9 Å². The molecule has 0 aliphatic heterocycles. The summed E-state index contributed by atoms with van der Waals surface area (Å²) < 4.78 is 27.1. The van der Waals surface area contributed by atoms with Crippen molar-refractivity contribution in [3.05, 3.63) is 24.3 Å². The summed E-state index contributed by atoms with van der Waals surface area (Å²) in [6.45, 7) is 16.9. The Morgan fingerprint density at radius 1 is 0.903 bits per heavy atom. The first kappa shape index (κ1) is 28.8. The second kappa shape index (κ2) is 15.6. The fraction of sp³-hybridized carbons (Fsp3) is 0.667. The largest absolute Gasteiger partial charge is 0.458 e. The second-order valence-corrected chi connectivity index (χ2v) is 10.6. The Hall–Kier alpha value is -2.17. The van der Waals surface area contributed by atoms with Crippen LogP contribution in [0.4, 0.5) is 4.79 Å². The molecule has 0 rings (SSSR count). The first-order chi connectivity index (χ1) is 14.6. The van der Waals surface area contributed by atoms with Crippen LogP contribution in [0.2, 0.25) is 12.1 Å². The van der Waals surface area contributed by atoms with Gasteiger partial charge < -0.3 is 28.4 Å². The minimum atomic E-state index is -2.27. The van der Waals surface area contributed by atoms with Crippen LogP contribution in [0.25, 0.3) is 0 Å². The Labute approximate surface area is 186 Å². The molecule has 0 atom stereocenters. The van der Waals surface area contributed by atoms with E-state index >= 15 is 0 Å². The average molecular weight is 460 g/mol. The molecule has 0 aliphatic carbocycles. The van der Waals surface area contributed by atoms with Gasteiger partial charge in [-0.15, -0.1) is 0 Å². The molecule has 0 aromatic rings. The van der Waals surface area contributed by atoms with E-state index in [1.54, 1.807) is 0 Å². The van der Waals surface area contributed by atoms with Gasteiger partial charge in [0.25, 0.3) is 0 Å². The van der Waals surface area contributed by atoms with Crippen LogP contribution in [-0.4, -0.2) is 65.7 Å². The third-order valence-corrected chi connectivity index (χ3v) is 7.95. The van der Waals surface area contributed by atoms with E-state index in [2.05, 4.69) is 18.5 Å². The van der Waals surface area contributed by atoms with Gasteiger partial charge in [0.1, 0.15) is 13.2 Å². The molecule has 9 nitrogen and oxygen atoms in total. The molecule has 0 aromatic heterocycles. The lowest BCUT2D eigenvalue weighted by Crippen LogP contribution is -2.42. The van der Waals surface area contributed by atoms with E-state index in [9.17, 15) is 14.4 Å². The topological polar surface area (TPSA) is 109 Å². The van der Waals surface area contributed by atoms with Crippen molar-refractivity contribution in [2.24, 2.45) is 0 Å². The Balaban J connectivity index is 4.67. The number of hydrogen-bond donors (Lipinski definition) is 1. The van der Waals surface area contributed by atoms with Crippen LogP contribution in [0.15, 0.2) is 24.3 Å². The van der Waals surface area contributed by atoms with Crippen LogP contribution in [0, 0.1) is 0 Å². The average Bonchev–Trinajstić information content (AvgIpc) is 2.72. The number of esters is 2. The van der Waals surface area contributed by atoms with Gasteiger partial charge in [-0.2, -0.15) is 0 Å². The molecule has 0 unspecified atom stereocenters. The SMILES string of the molecule is C=C(C)C(=O)OCC(COC(=O)C(=C)C)OC(=O)NCCC[Si](CC)(OCC)OCC. The summed E-state index contributed by atoms with van der Waals surface area (Å²) >= 11 is 0. The molecule has 0 fully saturated rings. The van der Waals surface area contributed by atoms with Crippen LogP contribution in [-0.2, 0) is 32.7 Å². The number of carbonyl (C=O) groups excluding carboxylic acids is 3.